The Labute approximate surface area is 135 Å². The molecule has 0 bridgehead atoms. The molecule has 1 saturated heterocycles. The number of benzene rings is 1. The topological polar surface area (TPSA) is 69.7 Å². The molecular formula is C17H21N3O3. The summed E-state index contributed by atoms with van der Waals surface area (Å²) in [4.78, 5) is 39.1. The number of nitrogens with zero attached hydrogens (tertiary/aromatic N) is 2. The molecule has 2 aliphatic heterocycles. The molecule has 2 aliphatic rings. The maximum Gasteiger partial charge on any atom is 0.242 e. The van der Waals surface area contributed by atoms with Gasteiger partial charge in [0.05, 0.1) is 12.6 Å². The molecule has 0 saturated carbocycles. The number of piperazine rings is 1. The molecule has 0 radical (unpaired) electrons. The summed E-state index contributed by atoms with van der Waals surface area (Å²) in [5.74, 6) is -0.238. The highest BCUT2D eigenvalue weighted by Gasteiger charge is 2.38. The van der Waals surface area contributed by atoms with Crippen molar-refractivity contribution in [2.75, 3.05) is 26.2 Å². The molecule has 1 N–H and O–H groups in total. The van der Waals surface area contributed by atoms with Gasteiger partial charge < -0.3 is 15.1 Å². The van der Waals surface area contributed by atoms with Crippen LogP contribution in [0.15, 0.2) is 24.3 Å². The lowest BCUT2D eigenvalue weighted by Gasteiger charge is -2.44. The summed E-state index contributed by atoms with van der Waals surface area (Å²) in [6.45, 7) is 3.11. The van der Waals surface area contributed by atoms with E-state index in [0.717, 1.165) is 12.0 Å². The Morgan fingerprint density at radius 2 is 2.09 bits per heavy atom. The predicted molar refractivity (Wildman–Crippen MR) is 84.5 cm³/mol. The number of nitrogens with one attached hydrogen (secondary N) is 1. The predicted octanol–water partition coefficient (Wildman–Crippen LogP) is 0.481. The van der Waals surface area contributed by atoms with Gasteiger partial charge in [-0.15, -0.1) is 0 Å². The lowest BCUT2D eigenvalue weighted by atomic mass is 9.90. The zero-order chi connectivity index (χ0) is 16.4. The largest absolute Gasteiger partial charge is 0.356 e. The van der Waals surface area contributed by atoms with Crippen LogP contribution < -0.4 is 5.32 Å². The van der Waals surface area contributed by atoms with Gasteiger partial charge in [0.15, 0.2) is 0 Å². The van der Waals surface area contributed by atoms with Crippen LogP contribution >= 0.6 is 0 Å². The van der Waals surface area contributed by atoms with E-state index in [0.29, 0.717) is 19.6 Å². The molecule has 3 rings (SSSR count). The van der Waals surface area contributed by atoms with Crippen LogP contribution in [-0.2, 0) is 20.8 Å². The Morgan fingerprint density at radius 3 is 2.87 bits per heavy atom. The Kier molecular flexibility index (Phi) is 4.32. The van der Waals surface area contributed by atoms with Crippen molar-refractivity contribution in [3.63, 3.8) is 0 Å². The van der Waals surface area contributed by atoms with Gasteiger partial charge in [-0.05, 0) is 17.5 Å². The van der Waals surface area contributed by atoms with Crippen LogP contribution in [0.4, 0.5) is 0 Å². The van der Waals surface area contributed by atoms with Crippen LogP contribution in [0.3, 0.4) is 0 Å². The van der Waals surface area contributed by atoms with Crippen LogP contribution in [0.5, 0.6) is 0 Å². The van der Waals surface area contributed by atoms with Gasteiger partial charge >= 0.3 is 0 Å². The van der Waals surface area contributed by atoms with Gasteiger partial charge in [0.2, 0.25) is 17.7 Å². The number of hydrogen-bond acceptors (Lipinski definition) is 3. The van der Waals surface area contributed by atoms with E-state index in [2.05, 4.69) is 11.4 Å². The molecule has 6 heteroatoms. The fourth-order valence-electron chi connectivity index (χ4n) is 3.37. The van der Waals surface area contributed by atoms with E-state index in [4.69, 9.17) is 0 Å². The van der Waals surface area contributed by atoms with E-state index in [1.807, 2.05) is 23.1 Å². The summed E-state index contributed by atoms with van der Waals surface area (Å²) in [6, 6.07) is 8.07. The summed E-state index contributed by atoms with van der Waals surface area (Å²) in [6.07, 6.45) is 1.09. The van der Waals surface area contributed by atoms with E-state index >= 15 is 0 Å². The fourth-order valence-corrected chi connectivity index (χ4v) is 3.37. The van der Waals surface area contributed by atoms with Gasteiger partial charge in [-0.2, -0.15) is 0 Å². The normalized spacial score (nSPS) is 19.9. The third-order valence-corrected chi connectivity index (χ3v) is 4.52. The molecule has 0 aliphatic carbocycles. The van der Waals surface area contributed by atoms with Gasteiger partial charge in [0.1, 0.15) is 0 Å². The van der Waals surface area contributed by atoms with Crippen molar-refractivity contribution >= 4 is 17.7 Å². The molecule has 1 unspecified atom stereocenters. The third kappa shape index (κ3) is 3.21. The standard InChI is InChI=1S/C17H21N3O3/c1-12(21)18-8-6-16(22)19-10-15-14-5-3-2-4-13(14)7-9-20(15)17(23)11-19/h2-5,15H,6-11H2,1H3,(H,18,21). The zero-order valence-corrected chi connectivity index (χ0v) is 13.2. The SMILES string of the molecule is CC(=O)NCCC(=O)N1CC(=O)N2CCc3ccccc3C2C1. The van der Waals surface area contributed by atoms with Crippen molar-refractivity contribution in [3.8, 4) is 0 Å². The number of rotatable bonds is 3. The molecule has 23 heavy (non-hydrogen) atoms. The first kappa shape index (κ1) is 15.5. The van der Waals surface area contributed by atoms with Crippen LogP contribution in [0.1, 0.15) is 30.5 Å². The van der Waals surface area contributed by atoms with Crippen molar-refractivity contribution in [2.45, 2.75) is 25.8 Å². The number of carbonyl (C=O) groups is 3. The highest BCUT2D eigenvalue weighted by Crippen LogP contribution is 2.33. The van der Waals surface area contributed by atoms with Gasteiger partial charge in [0.25, 0.3) is 0 Å². The second-order valence-electron chi connectivity index (χ2n) is 6.06. The Bertz CT molecular complexity index is 644. The lowest BCUT2D eigenvalue weighted by Crippen LogP contribution is -2.55. The quantitative estimate of drug-likeness (QED) is 0.882. The van der Waals surface area contributed by atoms with Crippen LogP contribution in [0, 0.1) is 0 Å². The van der Waals surface area contributed by atoms with E-state index in [9.17, 15) is 14.4 Å². The van der Waals surface area contributed by atoms with Crippen molar-refractivity contribution in [2.24, 2.45) is 0 Å². The minimum Gasteiger partial charge on any atom is -0.356 e. The number of carbonyl (C=O) groups excluding carboxylic acids is 3. The fraction of sp³-hybridized carbons (Fsp3) is 0.471. The van der Waals surface area contributed by atoms with E-state index in [1.165, 1.54) is 12.5 Å². The number of amides is 3. The summed E-state index contributed by atoms with van der Waals surface area (Å²) >= 11 is 0. The van der Waals surface area contributed by atoms with Crippen LogP contribution in [0.25, 0.3) is 0 Å². The molecule has 1 aromatic carbocycles. The molecule has 122 valence electrons. The average Bonchev–Trinajstić information content (AvgIpc) is 2.54. The first-order valence-corrected chi connectivity index (χ1v) is 7.95. The van der Waals surface area contributed by atoms with Crippen LogP contribution in [0.2, 0.25) is 0 Å². The van der Waals surface area contributed by atoms with Crippen molar-refractivity contribution in [3.05, 3.63) is 35.4 Å². The summed E-state index contributed by atoms with van der Waals surface area (Å²) in [7, 11) is 0. The molecule has 1 aromatic rings. The summed E-state index contributed by atoms with van der Waals surface area (Å²) < 4.78 is 0. The maximum atomic E-state index is 12.4. The summed E-state index contributed by atoms with van der Waals surface area (Å²) in [5, 5.41) is 2.62. The average molecular weight is 315 g/mol. The first-order valence-electron chi connectivity index (χ1n) is 7.95. The van der Waals surface area contributed by atoms with Gasteiger partial charge in [-0.1, -0.05) is 24.3 Å². The second-order valence-corrected chi connectivity index (χ2v) is 6.06. The second kappa shape index (κ2) is 6.40. The lowest BCUT2D eigenvalue weighted by molar-refractivity contribution is -0.149. The van der Waals surface area contributed by atoms with Gasteiger partial charge in [-0.3, -0.25) is 14.4 Å². The summed E-state index contributed by atoms with van der Waals surface area (Å²) in [5.41, 5.74) is 2.40. The minimum absolute atomic E-state index is 0.00336. The highest BCUT2D eigenvalue weighted by atomic mass is 16.2. The Morgan fingerprint density at radius 1 is 1.30 bits per heavy atom. The first-order chi connectivity index (χ1) is 11.1. The Hall–Kier alpha value is -2.37. The Balaban J connectivity index is 1.72. The van der Waals surface area contributed by atoms with Crippen molar-refractivity contribution in [1.82, 2.24) is 15.1 Å². The zero-order valence-electron chi connectivity index (χ0n) is 13.2. The molecule has 6 nitrogen and oxygen atoms in total. The van der Waals surface area contributed by atoms with Crippen molar-refractivity contribution in [1.29, 1.82) is 0 Å². The molecule has 3 amide bonds. The van der Waals surface area contributed by atoms with Crippen LogP contribution in [-0.4, -0.2) is 53.7 Å². The van der Waals surface area contributed by atoms with Crippen molar-refractivity contribution < 1.29 is 14.4 Å². The number of fused-ring (bicyclic) bond motifs is 3. The highest BCUT2D eigenvalue weighted by molar-refractivity contribution is 5.87. The monoisotopic (exact) mass is 315 g/mol. The smallest absolute Gasteiger partial charge is 0.242 e. The maximum absolute atomic E-state index is 12.4. The molecule has 0 aromatic heterocycles. The number of hydrogen-bond donors (Lipinski definition) is 1. The third-order valence-electron chi connectivity index (χ3n) is 4.52. The molecule has 2 heterocycles. The van der Waals surface area contributed by atoms with Gasteiger partial charge in [0, 0.05) is 33.0 Å². The molecule has 1 atom stereocenters. The molecular weight excluding hydrogens is 294 g/mol. The minimum atomic E-state index is -0.153. The van der Waals surface area contributed by atoms with E-state index in [1.54, 1.807) is 4.90 Å². The van der Waals surface area contributed by atoms with E-state index < -0.39 is 0 Å². The van der Waals surface area contributed by atoms with E-state index in [-0.39, 0.29) is 36.7 Å². The molecule has 1 fully saturated rings. The van der Waals surface area contributed by atoms with Gasteiger partial charge in [-0.25, -0.2) is 0 Å². The molecule has 0 spiro atoms.